The molecule has 4 heteroatoms. The molecule has 16 heavy (non-hydrogen) atoms. The number of rotatable bonds is 5. The van der Waals surface area contributed by atoms with E-state index in [-0.39, 0.29) is 12.5 Å². The molecule has 1 N–H and O–H groups in total. The van der Waals surface area contributed by atoms with Crippen molar-refractivity contribution in [2.75, 3.05) is 39.8 Å². The zero-order valence-corrected chi connectivity index (χ0v) is 10.5. The molecule has 0 aliphatic carbocycles. The maximum atomic E-state index is 11.7. The van der Waals surface area contributed by atoms with Crippen LogP contribution in [-0.4, -0.2) is 60.6 Å². The highest BCUT2D eigenvalue weighted by Gasteiger charge is 2.20. The van der Waals surface area contributed by atoms with Crippen molar-refractivity contribution in [3.05, 3.63) is 0 Å². The third kappa shape index (κ3) is 4.10. The summed E-state index contributed by atoms with van der Waals surface area (Å²) in [5, 5.41) is 8.75. The SMILES string of the molecule is CCC1CCN(CC(=O)N(C)CCO)CC1. The van der Waals surface area contributed by atoms with E-state index >= 15 is 0 Å². The highest BCUT2D eigenvalue weighted by molar-refractivity contribution is 5.77. The van der Waals surface area contributed by atoms with Crippen molar-refractivity contribution < 1.29 is 9.90 Å². The fraction of sp³-hybridized carbons (Fsp3) is 0.917. The molecule has 0 unspecified atom stereocenters. The van der Waals surface area contributed by atoms with Crippen LogP contribution in [-0.2, 0) is 4.79 Å². The molecule has 0 spiro atoms. The molecule has 0 saturated carbocycles. The van der Waals surface area contributed by atoms with Gasteiger partial charge in [-0.15, -0.1) is 0 Å². The maximum Gasteiger partial charge on any atom is 0.236 e. The largest absolute Gasteiger partial charge is 0.395 e. The average Bonchev–Trinajstić information content (AvgIpc) is 2.30. The van der Waals surface area contributed by atoms with E-state index in [4.69, 9.17) is 5.11 Å². The van der Waals surface area contributed by atoms with Gasteiger partial charge in [0.15, 0.2) is 0 Å². The summed E-state index contributed by atoms with van der Waals surface area (Å²) in [5.74, 6) is 0.963. The lowest BCUT2D eigenvalue weighted by Crippen LogP contribution is -2.42. The quantitative estimate of drug-likeness (QED) is 0.748. The number of piperidine rings is 1. The van der Waals surface area contributed by atoms with Crippen LogP contribution in [0.2, 0.25) is 0 Å². The molecule has 0 bridgehead atoms. The lowest BCUT2D eigenvalue weighted by atomic mass is 9.94. The van der Waals surface area contributed by atoms with Crippen LogP contribution in [0.25, 0.3) is 0 Å². The Morgan fingerprint density at radius 2 is 2.06 bits per heavy atom. The molecule has 0 radical (unpaired) electrons. The minimum atomic E-state index is 0.0418. The molecular weight excluding hydrogens is 204 g/mol. The van der Waals surface area contributed by atoms with Gasteiger partial charge in [0.25, 0.3) is 0 Å². The molecule has 1 rings (SSSR count). The molecule has 1 heterocycles. The smallest absolute Gasteiger partial charge is 0.236 e. The normalized spacial score (nSPS) is 18.7. The van der Waals surface area contributed by atoms with Crippen LogP contribution in [0.3, 0.4) is 0 Å². The summed E-state index contributed by atoms with van der Waals surface area (Å²) in [4.78, 5) is 15.6. The van der Waals surface area contributed by atoms with E-state index in [9.17, 15) is 4.79 Å². The topological polar surface area (TPSA) is 43.8 Å². The fourth-order valence-corrected chi connectivity index (χ4v) is 2.14. The van der Waals surface area contributed by atoms with Crippen molar-refractivity contribution in [1.29, 1.82) is 0 Å². The fourth-order valence-electron chi connectivity index (χ4n) is 2.14. The molecule has 1 amide bonds. The lowest BCUT2D eigenvalue weighted by molar-refractivity contribution is -0.131. The molecule has 0 aromatic carbocycles. The average molecular weight is 228 g/mol. The molecule has 4 nitrogen and oxygen atoms in total. The van der Waals surface area contributed by atoms with E-state index in [1.54, 1.807) is 11.9 Å². The van der Waals surface area contributed by atoms with Crippen molar-refractivity contribution in [2.24, 2.45) is 5.92 Å². The number of carbonyl (C=O) groups is 1. The van der Waals surface area contributed by atoms with Crippen LogP contribution >= 0.6 is 0 Å². The predicted octanol–water partition coefficient (Wildman–Crippen LogP) is 0.559. The van der Waals surface area contributed by atoms with Gasteiger partial charge in [0.05, 0.1) is 13.2 Å². The number of aliphatic hydroxyl groups is 1. The zero-order chi connectivity index (χ0) is 12.0. The molecule has 0 aromatic heterocycles. The van der Waals surface area contributed by atoms with E-state index in [0.717, 1.165) is 19.0 Å². The first-order valence-corrected chi connectivity index (χ1v) is 6.24. The van der Waals surface area contributed by atoms with Crippen LogP contribution in [0, 0.1) is 5.92 Å². The Hall–Kier alpha value is -0.610. The molecule has 1 aliphatic rings. The Morgan fingerprint density at radius 3 is 2.56 bits per heavy atom. The minimum absolute atomic E-state index is 0.0418. The first-order valence-electron chi connectivity index (χ1n) is 6.24. The Labute approximate surface area is 98.2 Å². The monoisotopic (exact) mass is 228 g/mol. The number of nitrogens with zero attached hydrogens (tertiary/aromatic N) is 2. The lowest BCUT2D eigenvalue weighted by Gasteiger charge is -2.31. The standard InChI is InChI=1S/C12H24N2O2/c1-3-11-4-6-14(7-5-11)10-12(16)13(2)8-9-15/h11,15H,3-10H2,1-2H3. The Kier molecular flexibility index (Phi) is 5.77. The highest BCUT2D eigenvalue weighted by Crippen LogP contribution is 2.19. The number of likely N-dealkylation sites (N-methyl/N-ethyl adjacent to an activating group) is 1. The number of aliphatic hydroxyl groups excluding tert-OH is 1. The van der Waals surface area contributed by atoms with Gasteiger partial charge in [-0.1, -0.05) is 13.3 Å². The first-order chi connectivity index (χ1) is 7.67. The highest BCUT2D eigenvalue weighted by atomic mass is 16.3. The van der Waals surface area contributed by atoms with Gasteiger partial charge in [0.1, 0.15) is 0 Å². The summed E-state index contributed by atoms with van der Waals surface area (Å²) in [6.45, 7) is 5.30. The van der Waals surface area contributed by atoms with Gasteiger partial charge < -0.3 is 10.0 Å². The Morgan fingerprint density at radius 1 is 1.44 bits per heavy atom. The van der Waals surface area contributed by atoms with Gasteiger partial charge in [-0.25, -0.2) is 0 Å². The molecular formula is C12H24N2O2. The Bertz CT molecular complexity index is 213. The summed E-state index contributed by atoms with van der Waals surface area (Å²) in [6.07, 6.45) is 3.69. The van der Waals surface area contributed by atoms with Crippen LogP contribution in [0.5, 0.6) is 0 Å². The van der Waals surface area contributed by atoms with Gasteiger partial charge in [0, 0.05) is 13.6 Å². The zero-order valence-electron chi connectivity index (χ0n) is 10.5. The maximum absolute atomic E-state index is 11.7. The van der Waals surface area contributed by atoms with Crippen LogP contribution < -0.4 is 0 Å². The van der Waals surface area contributed by atoms with Crippen LogP contribution in [0.15, 0.2) is 0 Å². The van der Waals surface area contributed by atoms with E-state index in [1.807, 2.05) is 0 Å². The van der Waals surface area contributed by atoms with Gasteiger partial charge in [-0.05, 0) is 31.8 Å². The predicted molar refractivity (Wildman–Crippen MR) is 64.2 cm³/mol. The van der Waals surface area contributed by atoms with Crippen molar-refractivity contribution in [2.45, 2.75) is 26.2 Å². The molecule has 0 atom stereocenters. The summed E-state index contributed by atoms with van der Waals surface area (Å²) >= 11 is 0. The summed E-state index contributed by atoms with van der Waals surface area (Å²) in [7, 11) is 1.75. The van der Waals surface area contributed by atoms with Crippen molar-refractivity contribution in [1.82, 2.24) is 9.80 Å². The summed E-state index contributed by atoms with van der Waals surface area (Å²) < 4.78 is 0. The van der Waals surface area contributed by atoms with Crippen LogP contribution in [0.1, 0.15) is 26.2 Å². The van der Waals surface area contributed by atoms with Crippen molar-refractivity contribution in [3.63, 3.8) is 0 Å². The van der Waals surface area contributed by atoms with Crippen molar-refractivity contribution >= 4 is 5.91 Å². The molecule has 94 valence electrons. The summed E-state index contributed by atoms with van der Waals surface area (Å²) in [6, 6.07) is 0. The molecule has 1 fully saturated rings. The van der Waals surface area contributed by atoms with E-state index in [1.165, 1.54) is 19.3 Å². The summed E-state index contributed by atoms with van der Waals surface area (Å²) in [5.41, 5.74) is 0. The first kappa shape index (κ1) is 13.5. The number of hydrogen-bond acceptors (Lipinski definition) is 3. The number of likely N-dealkylation sites (tertiary alicyclic amines) is 1. The van der Waals surface area contributed by atoms with E-state index in [0.29, 0.717) is 13.1 Å². The molecule has 1 aliphatic heterocycles. The molecule has 0 aromatic rings. The van der Waals surface area contributed by atoms with E-state index in [2.05, 4.69) is 11.8 Å². The van der Waals surface area contributed by atoms with Crippen LogP contribution in [0.4, 0.5) is 0 Å². The minimum Gasteiger partial charge on any atom is -0.395 e. The van der Waals surface area contributed by atoms with Crippen molar-refractivity contribution in [3.8, 4) is 0 Å². The van der Waals surface area contributed by atoms with Gasteiger partial charge in [0.2, 0.25) is 5.91 Å². The second kappa shape index (κ2) is 6.86. The molecule has 1 saturated heterocycles. The van der Waals surface area contributed by atoms with Gasteiger partial charge >= 0.3 is 0 Å². The third-order valence-electron chi connectivity index (χ3n) is 3.50. The third-order valence-corrected chi connectivity index (χ3v) is 3.50. The van der Waals surface area contributed by atoms with E-state index < -0.39 is 0 Å². The number of hydrogen-bond donors (Lipinski definition) is 1. The number of amides is 1. The second-order valence-electron chi connectivity index (χ2n) is 4.67. The van der Waals surface area contributed by atoms with Gasteiger partial charge in [-0.2, -0.15) is 0 Å². The Balaban J connectivity index is 2.25. The second-order valence-corrected chi connectivity index (χ2v) is 4.67. The van der Waals surface area contributed by atoms with Gasteiger partial charge in [-0.3, -0.25) is 9.69 Å². The number of carbonyl (C=O) groups excluding carboxylic acids is 1.